The van der Waals surface area contributed by atoms with Gasteiger partial charge in [0.1, 0.15) is 27.4 Å². The Bertz CT molecular complexity index is 1670. The van der Waals surface area contributed by atoms with E-state index < -0.39 is 30.1 Å². The van der Waals surface area contributed by atoms with Crippen LogP contribution in [0.3, 0.4) is 0 Å². The minimum atomic E-state index is -1.42. The number of para-hydroxylation sites is 1. The van der Waals surface area contributed by atoms with Crippen molar-refractivity contribution in [2.75, 3.05) is 23.3 Å². The molecule has 1 saturated heterocycles. The Morgan fingerprint density at radius 3 is 2.70 bits per heavy atom. The number of carbonyl (C=O) groups is 3. The van der Waals surface area contributed by atoms with Gasteiger partial charge in [0, 0.05) is 12.7 Å². The van der Waals surface area contributed by atoms with Crippen LogP contribution >= 0.6 is 11.3 Å². The van der Waals surface area contributed by atoms with Crippen molar-refractivity contribution in [2.45, 2.75) is 19.1 Å². The van der Waals surface area contributed by atoms with Crippen molar-refractivity contribution in [3.05, 3.63) is 83.9 Å². The lowest BCUT2D eigenvalue weighted by atomic mass is 10.1. The van der Waals surface area contributed by atoms with Crippen LogP contribution in [0.25, 0.3) is 10.2 Å². The summed E-state index contributed by atoms with van der Waals surface area (Å²) in [5, 5.41) is 6.16. The van der Waals surface area contributed by atoms with Gasteiger partial charge in [0.2, 0.25) is 5.91 Å². The normalized spacial score (nSPS) is 18.0. The molecule has 4 heterocycles. The number of nitrogens with zero attached hydrogens (tertiary/aromatic N) is 3. The third-order valence-electron chi connectivity index (χ3n) is 6.89. The fraction of sp³-hybridized carbons (Fsp3) is 0.172. The van der Waals surface area contributed by atoms with E-state index in [9.17, 15) is 18.8 Å². The highest BCUT2D eigenvalue weighted by atomic mass is 32.1. The highest BCUT2D eigenvalue weighted by Crippen LogP contribution is 2.46. The number of nitrogens with one attached hydrogen (secondary N) is 2. The average Bonchev–Trinajstić information content (AvgIpc) is 3.50. The number of pyridine rings is 1. The lowest BCUT2D eigenvalue weighted by Gasteiger charge is -2.29. The van der Waals surface area contributed by atoms with Crippen molar-refractivity contribution in [3.8, 4) is 11.5 Å². The quantitative estimate of drug-likeness (QED) is 0.303. The zero-order valence-corrected chi connectivity index (χ0v) is 22.2. The smallest absolute Gasteiger partial charge is 0.331 e. The first-order chi connectivity index (χ1) is 19.3. The molecule has 6 rings (SSSR count). The van der Waals surface area contributed by atoms with Gasteiger partial charge in [0.05, 0.1) is 35.0 Å². The fourth-order valence-electron chi connectivity index (χ4n) is 4.99. The molecule has 9 nitrogen and oxygen atoms in total. The second-order valence-electron chi connectivity index (χ2n) is 9.49. The third kappa shape index (κ3) is 4.43. The number of rotatable bonds is 6. The highest BCUT2D eigenvalue weighted by Gasteiger charge is 2.38. The maximum absolute atomic E-state index is 14.6. The summed E-state index contributed by atoms with van der Waals surface area (Å²) >= 11 is 1.11. The topological polar surface area (TPSA) is 104 Å². The second-order valence-corrected chi connectivity index (χ2v) is 10.5. The van der Waals surface area contributed by atoms with Gasteiger partial charge < -0.3 is 20.3 Å². The summed E-state index contributed by atoms with van der Waals surface area (Å²) in [6.07, 6.45) is 1.28. The molecule has 4 aromatic rings. The van der Waals surface area contributed by atoms with Crippen LogP contribution in [-0.4, -0.2) is 53.0 Å². The van der Waals surface area contributed by atoms with Gasteiger partial charge in [0.15, 0.2) is 0 Å². The van der Waals surface area contributed by atoms with E-state index in [2.05, 4.69) is 22.2 Å². The van der Waals surface area contributed by atoms with E-state index in [0.29, 0.717) is 38.8 Å². The molecule has 0 bridgehead atoms. The minimum absolute atomic E-state index is 0.0326. The molecule has 2 aromatic heterocycles. The number of aryl methyl sites for hydroxylation is 1. The molecule has 11 heteroatoms. The van der Waals surface area contributed by atoms with Gasteiger partial charge in [-0.2, -0.15) is 0 Å². The number of alkyl halides is 1. The number of benzene rings is 2. The largest absolute Gasteiger partial charge is 0.457 e. The maximum Gasteiger partial charge on any atom is 0.331 e. The standard InChI is InChI=1S/C29H24FN5O4S/c1-3-23(36)34-14-19(30)20(15-34)32-27(37)26-25-24-22(11-12-31-28(24)40-26)35(29(38)33-25)21-10-9-18(13-16(21)2)39-17-7-5-4-6-8-17/h3-13,19-20H,1,14-15H2,2H3,(H,32,37)(H,33,38)/t19-,20-/m0/s1. The monoisotopic (exact) mass is 557 g/mol. The van der Waals surface area contributed by atoms with E-state index >= 15 is 0 Å². The number of urea groups is 1. The van der Waals surface area contributed by atoms with E-state index in [0.717, 1.165) is 23.0 Å². The zero-order chi connectivity index (χ0) is 28.0. The Hall–Kier alpha value is -4.77. The SMILES string of the molecule is C=CC(=O)N1C[C@H](NC(=O)c2sc3nccc4c3c2NC(=O)N4c2ccc(Oc3ccccc3)cc2C)[C@@H](F)C1. The molecule has 4 amide bonds. The van der Waals surface area contributed by atoms with Crippen LogP contribution in [0.4, 0.5) is 26.2 Å². The van der Waals surface area contributed by atoms with Gasteiger partial charge in [0.25, 0.3) is 5.91 Å². The van der Waals surface area contributed by atoms with Crippen LogP contribution in [0.1, 0.15) is 15.2 Å². The summed E-state index contributed by atoms with van der Waals surface area (Å²) in [5.74, 6) is 0.391. The number of likely N-dealkylation sites (tertiary alicyclic amines) is 1. The average molecular weight is 558 g/mol. The summed E-state index contributed by atoms with van der Waals surface area (Å²) in [6, 6.07) is 15.3. The molecule has 0 unspecified atom stereocenters. The lowest BCUT2D eigenvalue weighted by molar-refractivity contribution is -0.125. The molecule has 1 fully saturated rings. The molecular formula is C29H24FN5O4S. The van der Waals surface area contributed by atoms with Gasteiger partial charge in [-0.25, -0.2) is 14.2 Å². The first-order valence-electron chi connectivity index (χ1n) is 12.6. The van der Waals surface area contributed by atoms with Gasteiger partial charge in [-0.15, -0.1) is 11.3 Å². The number of hydrogen-bond donors (Lipinski definition) is 2. The zero-order valence-electron chi connectivity index (χ0n) is 21.4. The third-order valence-corrected chi connectivity index (χ3v) is 7.99. The number of thiophene rings is 1. The summed E-state index contributed by atoms with van der Waals surface area (Å²) < 4.78 is 20.6. The van der Waals surface area contributed by atoms with Crippen molar-refractivity contribution in [1.82, 2.24) is 15.2 Å². The molecule has 0 radical (unpaired) electrons. The number of amides is 4. The first-order valence-corrected chi connectivity index (χ1v) is 13.4. The van der Waals surface area contributed by atoms with Gasteiger partial charge in [-0.3, -0.25) is 14.5 Å². The highest BCUT2D eigenvalue weighted by molar-refractivity contribution is 7.21. The number of ether oxygens (including phenoxy) is 1. The minimum Gasteiger partial charge on any atom is -0.457 e. The molecule has 0 spiro atoms. The Labute approximate surface area is 232 Å². The van der Waals surface area contributed by atoms with Crippen LogP contribution in [0.2, 0.25) is 0 Å². The van der Waals surface area contributed by atoms with Gasteiger partial charge >= 0.3 is 6.03 Å². The van der Waals surface area contributed by atoms with E-state index in [1.54, 1.807) is 23.2 Å². The fourth-order valence-corrected chi connectivity index (χ4v) is 6.02. The number of hydrogen-bond acceptors (Lipinski definition) is 6. The van der Waals surface area contributed by atoms with Gasteiger partial charge in [-0.1, -0.05) is 24.8 Å². The summed E-state index contributed by atoms with van der Waals surface area (Å²) in [7, 11) is 0. The van der Waals surface area contributed by atoms with Gasteiger partial charge in [-0.05, 0) is 55.0 Å². The predicted molar refractivity (Wildman–Crippen MR) is 151 cm³/mol. The summed E-state index contributed by atoms with van der Waals surface area (Å²) in [5.41, 5.74) is 2.35. The van der Waals surface area contributed by atoms with Crippen molar-refractivity contribution in [2.24, 2.45) is 0 Å². The molecule has 2 atom stereocenters. The number of carbonyl (C=O) groups excluding carboxylic acids is 3. The van der Waals surface area contributed by atoms with Crippen LogP contribution in [-0.2, 0) is 4.79 Å². The Morgan fingerprint density at radius 2 is 1.95 bits per heavy atom. The van der Waals surface area contributed by atoms with E-state index in [4.69, 9.17) is 4.74 Å². The molecule has 202 valence electrons. The van der Waals surface area contributed by atoms with Crippen LogP contribution in [0, 0.1) is 6.92 Å². The number of anilines is 3. The molecule has 2 aliphatic rings. The van der Waals surface area contributed by atoms with E-state index in [1.807, 2.05) is 49.4 Å². The van der Waals surface area contributed by atoms with Crippen LogP contribution < -0.4 is 20.3 Å². The molecular weight excluding hydrogens is 533 g/mol. The van der Waals surface area contributed by atoms with Crippen molar-refractivity contribution in [1.29, 1.82) is 0 Å². The Morgan fingerprint density at radius 1 is 1.15 bits per heavy atom. The summed E-state index contributed by atoms with van der Waals surface area (Å²) in [6.45, 7) is 5.22. The van der Waals surface area contributed by atoms with Crippen molar-refractivity contribution >= 4 is 56.5 Å². The molecule has 2 aromatic carbocycles. The molecule has 2 N–H and O–H groups in total. The van der Waals surface area contributed by atoms with E-state index in [1.165, 1.54) is 4.90 Å². The number of aromatic nitrogens is 1. The Balaban J connectivity index is 1.30. The molecule has 0 aliphatic carbocycles. The molecule has 40 heavy (non-hydrogen) atoms. The number of halogens is 1. The van der Waals surface area contributed by atoms with Crippen LogP contribution in [0.5, 0.6) is 11.5 Å². The van der Waals surface area contributed by atoms with Crippen LogP contribution in [0.15, 0.2) is 73.4 Å². The second kappa shape index (κ2) is 10.1. The predicted octanol–water partition coefficient (Wildman–Crippen LogP) is 5.55. The first kappa shape index (κ1) is 25.5. The Kier molecular flexibility index (Phi) is 6.43. The van der Waals surface area contributed by atoms with E-state index in [-0.39, 0.29) is 18.0 Å². The maximum atomic E-state index is 14.6. The van der Waals surface area contributed by atoms with Crippen molar-refractivity contribution in [3.63, 3.8) is 0 Å². The lowest BCUT2D eigenvalue weighted by Crippen LogP contribution is -2.42. The molecule has 0 saturated carbocycles. The molecule has 2 aliphatic heterocycles. The van der Waals surface area contributed by atoms with Crippen molar-refractivity contribution < 1.29 is 23.5 Å². The summed E-state index contributed by atoms with van der Waals surface area (Å²) in [4.78, 5) is 46.7.